The molecular formula is CaF3-. The van der Waals surface area contributed by atoms with Crippen LogP contribution >= 0.6 is 0 Å². The third-order valence-corrected chi connectivity index (χ3v) is 0. The minimum Gasteiger partial charge on any atom is -1.00 e. The largest absolute Gasteiger partial charge is 2.00 e. The van der Waals surface area contributed by atoms with E-state index in [0.29, 0.717) is 0 Å². The molecule has 4 heavy (non-hydrogen) atoms. The van der Waals surface area contributed by atoms with Gasteiger partial charge in [-0.1, -0.05) is 0 Å². The molecule has 0 aromatic carbocycles. The SMILES string of the molecule is [Ca+2].[F-].[F-].[F-]. The molecule has 0 aromatic heterocycles. The van der Waals surface area contributed by atoms with Gasteiger partial charge in [-0.05, 0) is 0 Å². The second-order valence-electron chi connectivity index (χ2n) is 0. The Kier molecular flexibility index (Phi) is 642. The van der Waals surface area contributed by atoms with E-state index in [1.54, 1.807) is 0 Å². The van der Waals surface area contributed by atoms with Crippen molar-refractivity contribution in [1.82, 2.24) is 0 Å². The van der Waals surface area contributed by atoms with Crippen molar-refractivity contribution in [3.05, 3.63) is 0 Å². The zero-order valence-electron chi connectivity index (χ0n) is 1.84. The molecule has 0 nitrogen and oxygen atoms in total. The molecule has 0 aliphatic carbocycles. The van der Waals surface area contributed by atoms with Crippen LogP contribution in [-0.4, -0.2) is 37.7 Å². The van der Waals surface area contributed by atoms with Crippen molar-refractivity contribution in [2.24, 2.45) is 0 Å². The van der Waals surface area contributed by atoms with Gasteiger partial charge in [0.2, 0.25) is 0 Å². The van der Waals surface area contributed by atoms with Gasteiger partial charge >= 0.3 is 37.7 Å². The Morgan fingerprint density at radius 2 is 0.500 bits per heavy atom. The monoisotopic (exact) mass is 97.0 g/mol. The van der Waals surface area contributed by atoms with Crippen LogP contribution in [0.25, 0.3) is 0 Å². The fraction of sp³-hybridized carbons (Fsp3) is 0. The third-order valence-electron chi connectivity index (χ3n) is 0. The number of rotatable bonds is 0. The Morgan fingerprint density at radius 1 is 0.500 bits per heavy atom. The summed E-state index contributed by atoms with van der Waals surface area (Å²) in [7, 11) is 0. The predicted molar refractivity (Wildman–Crippen MR) is 5.75 cm³/mol. The first kappa shape index (κ1) is 75.2. The van der Waals surface area contributed by atoms with Gasteiger partial charge in [-0.15, -0.1) is 0 Å². The van der Waals surface area contributed by atoms with E-state index in [1.165, 1.54) is 0 Å². The summed E-state index contributed by atoms with van der Waals surface area (Å²) in [5, 5.41) is 0. The molecule has 0 aliphatic heterocycles. The van der Waals surface area contributed by atoms with Crippen LogP contribution < -0.4 is 14.1 Å². The fourth-order valence-corrected chi connectivity index (χ4v) is 0. The molecular weight excluding hydrogens is 97.1 g/mol. The van der Waals surface area contributed by atoms with Crippen LogP contribution in [0.2, 0.25) is 0 Å². The maximum Gasteiger partial charge on any atom is 2.00 e. The Labute approximate surface area is 51.7 Å². The summed E-state index contributed by atoms with van der Waals surface area (Å²) < 4.78 is 0. The molecule has 0 N–H and O–H groups in total. The first-order valence-electron chi connectivity index (χ1n) is 0. The van der Waals surface area contributed by atoms with Crippen molar-refractivity contribution in [3.8, 4) is 0 Å². The van der Waals surface area contributed by atoms with Gasteiger partial charge < -0.3 is 14.1 Å². The second-order valence-corrected chi connectivity index (χ2v) is 0. The molecule has 0 unspecified atom stereocenters. The predicted octanol–water partition coefficient (Wildman–Crippen LogP) is -9.37. The van der Waals surface area contributed by atoms with Gasteiger partial charge in [0.25, 0.3) is 0 Å². The van der Waals surface area contributed by atoms with Crippen LogP contribution in [-0.2, 0) is 0 Å². The minimum absolute atomic E-state index is 0. The molecule has 0 bridgehead atoms. The molecule has 0 amide bonds. The van der Waals surface area contributed by atoms with E-state index in [2.05, 4.69) is 0 Å². The average Bonchev–Trinajstić information content (AvgIpc) is 0. The van der Waals surface area contributed by atoms with Gasteiger partial charge in [0.1, 0.15) is 0 Å². The van der Waals surface area contributed by atoms with E-state index in [0.717, 1.165) is 0 Å². The molecule has 0 spiro atoms. The van der Waals surface area contributed by atoms with Gasteiger partial charge in [-0.25, -0.2) is 0 Å². The first-order valence-corrected chi connectivity index (χ1v) is 0. The second kappa shape index (κ2) is 34.2. The average molecular weight is 97.1 g/mol. The topological polar surface area (TPSA) is 0 Å². The van der Waals surface area contributed by atoms with Gasteiger partial charge in [-0.2, -0.15) is 0 Å². The Bertz CT molecular complexity index is 3.25. The zero-order valence-corrected chi connectivity index (χ0v) is 4.05. The van der Waals surface area contributed by atoms with E-state index < -0.39 is 0 Å². The zero-order chi connectivity index (χ0) is 0. The molecule has 4 heteroatoms. The number of hydrogen-bond donors (Lipinski definition) is 0. The van der Waals surface area contributed by atoms with E-state index in [-0.39, 0.29) is 51.9 Å². The third kappa shape index (κ3) is 11.6. The van der Waals surface area contributed by atoms with E-state index in [9.17, 15) is 0 Å². The molecule has 0 radical (unpaired) electrons. The molecule has 0 aromatic rings. The summed E-state index contributed by atoms with van der Waals surface area (Å²) in [6.07, 6.45) is 0. The number of hydrogen-bond acceptors (Lipinski definition) is 0. The molecule has 0 aliphatic rings. The van der Waals surface area contributed by atoms with E-state index in [4.69, 9.17) is 0 Å². The summed E-state index contributed by atoms with van der Waals surface area (Å²) >= 11 is 0. The molecule has 24 valence electrons. The van der Waals surface area contributed by atoms with Crippen LogP contribution in [0.15, 0.2) is 0 Å². The van der Waals surface area contributed by atoms with Crippen molar-refractivity contribution in [2.45, 2.75) is 0 Å². The number of halogens is 3. The maximum absolute atomic E-state index is 0. The van der Waals surface area contributed by atoms with E-state index in [1.807, 2.05) is 0 Å². The Balaban J connectivity index is 0. The maximum atomic E-state index is 0. The van der Waals surface area contributed by atoms with Crippen LogP contribution in [0.3, 0.4) is 0 Å². The van der Waals surface area contributed by atoms with Crippen LogP contribution in [0.5, 0.6) is 0 Å². The van der Waals surface area contributed by atoms with Crippen molar-refractivity contribution in [2.75, 3.05) is 0 Å². The van der Waals surface area contributed by atoms with Gasteiger partial charge in [0.15, 0.2) is 0 Å². The van der Waals surface area contributed by atoms with Gasteiger partial charge in [-0.3, -0.25) is 0 Å². The molecule has 0 atom stereocenters. The van der Waals surface area contributed by atoms with Crippen LogP contribution in [0, 0.1) is 0 Å². The summed E-state index contributed by atoms with van der Waals surface area (Å²) in [5.74, 6) is 0. The summed E-state index contributed by atoms with van der Waals surface area (Å²) in [6.45, 7) is 0. The smallest absolute Gasteiger partial charge is 1.00 e. The minimum atomic E-state index is 0. The molecule has 0 saturated heterocycles. The molecule has 0 heterocycles. The van der Waals surface area contributed by atoms with Crippen molar-refractivity contribution < 1.29 is 14.1 Å². The first-order chi connectivity index (χ1) is 0. The summed E-state index contributed by atoms with van der Waals surface area (Å²) in [5.41, 5.74) is 0. The molecule has 0 rings (SSSR count). The summed E-state index contributed by atoms with van der Waals surface area (Å²) in [6, 6.07) is 0. The van der Waals surface area contributed by atoms with Crippen molar-refractivity contribution >= 4 is 37.7 Å². The normalized spacial score (nSPS) is 0. The molecule has 0 fully saturated rings. The molecule has 0 saturated carbocycles. The van der Waals surface area contributed by atoms with Gasteiger partial charge in [0, 0.05) is 0 Å². The standard InChI is InChI=1S/Ca.3FH/h;3*1H/q+2;;;/p-3. The van der Waals surface area contributed by atoms with Crippen molar-refractivity contribution in [1.29, 1.82) is 0 Å². The Hall–Kier alpha value is 1.05. The van der Waals surface area contributed by atoms with E-state index >= 15 is 0 Å². The Morgan fingerprint density at radius 3 is 0.500 bits per heavy atom. The summed E-state index contributed by atoms with van der Waals surface area (Å²) in [4.78, 5) is 0. The van der Waals surface area contributed by atoms with Gasteiger partial charge in [0.05, 0.1) is 0 Å². The fourth-order valence-electron chi connectivity index (χ4n) is 0. The van der Waals surface area contributed by atoms with Crippen LogP contribution in [0.1, 0.15) is 0 Å². The quantitative estimate of drug-likeness (QED) is 0.263. The van der Waals surface area contributed by atoms with Crippen LogP contribution in [0.4, 0.5) is 0 Å². The van der Waals surface area contributed by atoms with Crippen molar-refractivity contribution in [3.63, 3.8) is 0 Å².